The van der Waals surface area contributed by atoms with Gasteiger partial charge in [-0.3, -0.25) is 14.6 Å². The van der Waals surface area contributed by atoms with E-state index >= 15 is 0 Å². The molecule has 0 saturated heterocycles. The molecule has 0 aliphatic heterocycles. The van der Waals surface area contributed by atoms with Crippen LogP contribution in [0.4, 0.5) is 0 Å². The minimum atomic E-state index is -0.564. The molecular weight excluding hydrogens is 258 g/mol. The molecule has 2 aromatic rings. The summed E-state index contributed by atoms with van der Waals surface area (Å²) in [6.07, 6.45) is 1.89. The first kappa shape index (κ1) is 9.98. The molecule has 15 heavy (non-hydrogen) atoms. The van der Waals surface area contributed by atoms with Crippen LogP contribution < -0.4 is 0 Å². The van der Waals surface area contributed by atoms with Crippen LogP contribution in [0, 0.1) is 0 Å². The molecule has 0 radical (unpaired) electrons. The van der Waals surface area contributed by atoms with Crippen molar-refractivity contribution >= 4 is 38.9 Å². The van der Waals surface area contributed by atoms with Crippen LogP contribution in [0.25, 0.3) is 10.9 Å². The van der Waals surface area contributed by atoms with Crippen molar-refractivity contribution < 1.29 is 9.59 Å². The molecule has 2 rings (SSSR count). The van der Waals surface area contributed by atoms with Crippen molar-refractivity contribution in [1.82, 2.24) is 4.98 Å². The normalized spacial score (nSPS) is 10.2. The molecule has 0 aliphatic carbocycles. The fourth-order valence-electron chi connectivity index (χ4n) is 1.41. The van der Waals surface area contributed by atoms with Crippen molar-refractivity contribution in [2.45, 2.75) is 0 Å². The van der Waals surface area contributed by atoms with Crippen LogP contribution in [0.2, 0.25) is 0 Å². The molecule has 1 aromatic heterocycles. The second-order valence-corrected chi connectivity index (χ2v) is 3.83. The number of hydrogen-bond acceptors (Lipinski definition) is 3. The number of ketones is 1. The zero-order chi connectivity index (χ0) is 10.8. The Labute approximate surface area is 94.3 Å². The SMILES string of the molecule is O=CC(=O)c1c(Br)ccc2cccnc12. The predicted molar refractivity (Wildman–Crippen MR) is 59.8 cm³/mol. The Morgan fingerprint density at radius 3 is 2.87 bits per heavy atom. The first-order chi connectivity index (χ1) is 7.24. The van der Waals surface area contributed by atoms with Crippen LogP contribution in [0.5, 0.6) is 0 Å². The van der Waals surface area contributed by atoms with E-state index in [1.807, 2.05) is 12.1 Å². The third-order valence-corrected chi connectivity index (χ3v) is 2.74. The minimum Gasteiger partial charge on any atom is -0.294 e. The number of benzene rings is 1. The lowest BCUT2D eigenvalue weighted by atomic mass is 10.1. The van der Waals surface area contributed by atoms with Crippen molar-refractivity contribution in [1.29, 1.82) is 0 Å². The lowest BCUT2D eigenvalue weighted by Crippen LogP contribution is -2.03. The van der Waals surface area contributed by atoms with Gasteiger partial charge in [0.2, 0.25) is 5.78 Å². The van der Waals surface area contributed by atoms with Gasteiger partial charge in [0.1, 0.15) is 0 Å². The van der Waals surface area contributed by atoms with Gasteiger partial charge in [0.25, 0.3) is 0 Å². The summed E-state index contributed by atoms with van der Waals surface area (Å²) in [6, 6.07) is 7.20. The highest BCUT2D eigenvalue weighted by molar-refractivity contribution is 9.10. The molecule has 1 aromatic carbocycles. The Kier molecular flexibility index (Phi) is 2.60. The van der Waals surface area contributed by atoms with Crippen LogP contribution in [0.15, 0.2) is 34.9 Å². The molecule has 0 fully saturated rings. The highest BCUT2D eigenvalue weighted by Gasteiger charge is 2.13. The van der Waals surface area contributed by atoms with E-state index < -0.39 is 5.78 Å². The Balaban J connectivity index is 2.85. The molecule has 4 heteroatoms. The highest BCUT2D eigenvalue weighted by Crippen LogP contribution is 2.24. The maximum Gasteiger partial charge on any atom is 0.228 e. The zero-order valence-corrected chi connectivity index (χ0v) is 9.19. The number of aldehydes is 1. The van der Waals surface area contributed by atoms with Crippen LogP contribution in [0.3, 0.4) is 0 Å². The Morgan fingerprint density at radius 1 is 1.33 bits per heavy atom. The average Bonchev–Trinajstić information content (AvgIpc) is 2.28. The van der Waals surface area contributed by atoms with Gasteiger partial charge in [0.05, 0.1) is 11.1 Å². The summed E-state index contributed by atoms with van der Waals surface area (Å²) >= 11 is 3.24. The number of pyridine rings is 1. The van der Waals surface area contributed by atoms with Crippen LogP contribution >= 0.6 is 15.9 Å². The number of fused-ring (bicyclic) bond motifs is 1. The number of aromatic nitrogens is 1. The average molecular weight is 264 g/mol. The molecule has 3 nitrogen and oxygen atoms in total. The molecule has 0 atom stereocenters. The number of carbonyl (C=O) groups excluding carboxylic acids is 2. The topological polar surface area (TPSA) is 47.0 Å². The summed E-state index contributed by atoms with van der Waals surface area (Å²) in [5.74, 6) is -0.564. The number of carbonyl (C=O) groups is 2. The van der Waals surface area contributed by atoms with Crippen molar-refractivity contribution in [3.63, 3.8) is 0 Å². The number of nitrogens with zero attached hydrogens (tertiary/aromatic N) is 1. The van der Waals surface area contributed by atoms with E-state index in [1.54, 1.807) is 18.3 Å². The molecular formula is C11H6BrNO2. The van der Waals surface area contributed by atoms with Crippen molar-refractivity contribution in [2.24, 2.45) is 0 Å². The standard InChI is InChI=1S/C11H6BrNO2/c12-8-4-3-7-2-1-5-13-11(7)10(8)9(15)6-14/h1-6H. The van der Waals surface area contributed by atoms with Gasteiger partial charge in [-0.15, -0.1) is 0 Å². The van der Waals surface area contributed by atoms with Gasteiger partial charge in [0, 0.05) is 16.1 Å². The van der Waals surface area contributed by atoms with Gasteiger partial charge < -0.3 is 0 Å². The molecule has 0 amide bonds. The van der Waals surface area contributed by atoms with E-state index in [9.17, 15) is 9.59 Å². The van der Waals surface area contributed by atoms with Gasteiger partial charge in [-0.1, -0.05) is 12.1 Å². The largest absolute Gasteiger partial charge is 0.294 e. The number of halogens is 1. The number of Topliss-reactive ketones (excluding diaryl/α,β-unsaturated/α-hetero) is 1. The van der Waals surface area contributed by atoms with E-state index in [-0.39, 0.29) is 0 Å². The Bertz CT molecular complexity index is 551. The van der Waals surface area contributed by atoms with E-state index in [0.717, 1.165) is 5.39 Å². The number of hydrogen-bond donors (Lipinski definition) is 0. The van der Waals surface area contributed by atoms with Crippen LogP contribution in [-0.4, -0.2) is 17.1 Å². The summed E-state index contributed by atoms with van der Waals surface area (Å²) in [7, 11) is 0. The maximum atomic E-state index is 11.4. The zero-order valence-electron chi connectivity index (χ0n) is 7.61. The second-order valence-electron chi connectivity index (χ2n) is 2.98. The van der Waals surface area contributed by atoms with E-state index in [4.69, 9.17) is 0 Å². The Hall–Kier alpha value is -1.55. The van der Waals surface area contributed by atoms with Crippen LogP contribution in [0.1, 0.15) is 10.4 Å². The summed E-state index contributed by atoms with van der Waals surface area (Å²) in [5, 5.41) is 0.839. The monoisotopic (exact) mass is 263 g/mol. The van der Waals surface area contributed by atoms with E-state index in [0.29, 0.717) is 21.8 Å². The summed E-state index contributed by atoms with van der Waals surface area (Å²) in [5.41, 5.74) is 0.868. The first-order valence-corrected chi connectivity index (χ1v) is 5.06. The Morgan fingerprint density at radius 2 is 2.13 bits per heavy atom. The molecule has 0 N–H and O–H groups in total. The van der Waals surface area contributed by atoms with Crippen molar-refractivity contribution in [3.05, 3.63) is 40.5 Å². The van der Waals surface area contributed by atoms with Crippen molar-refractivity contribution in [3.8, 4) is 0 Å². The van der Waals surface area contributed by atoms with Gasteiger partial charge in [-0.05, 0) is 28.1 Å². The summed E-state index contributed by atoms with van der Waals surface area (Å²) < 4.78 is 0.589. The van der Waals surface area contributed by atoms with Crippen LogP contribution in [-0.2, 0) is 4.79 Å². The van der Waals surface area contributed by atoms with Gasteiger partial charge in [-0.2, -0.15) is 0 Å². The first-order valence-electron chi connectivity index (χ1n) is 4.27. The number of rotatable bonds is 2. The lowest BCUT2D eigenvalue weighted by molar-refractivity contribution is -0.104. The maximum absolute atomic E-state index is 11.4. The molecule has 0 spiro atoms. The van der Waals surface area contributed by atoms with Gasteiger partial charge >= 0.3 is 0 Å². The van der Waals surface area contributed by atoms with Gasteiger partial charge in [0.15, 0.2) is 6.29 Å². The van der Waals surface area contributed by atoms with E-state index in [2.05, 4.69) is 20.9 Å². The lowest BCUT2D eigenvalue weighted by Gasteiger charge is -2.03. The summed E-state index contributed by atoms with van der Waals surface area (Å²) in [4.78, 5) is 26.0. The molecule has 0 aliphatic rings. The highest BCUT2D eigenvalue weighted by atomic mass is 79.9. The van der Waals surface area contributed by atoms with Gasteiger partial charge in [-0.25, -0.2) is 0 Å². The summed E-state index contributed by atoms with van der Waals surface area (Å²) in [6.45, 7) is 0. The quantitative estimate of drug-likeness (QED) is 0.475. The molecule has 0 saturated carbocycles. The molecule has 74 valence electrons. The molecule has 0 unspecified atom stereocenters. The third-order valence-electron chi connectivity index (χ3n) is 2.08. The third kappa shape index (κ3) is 1.68. The second kappa shape index (κ2) is 3.90. The predicted octanol–water partition coefficient (Wildman–Crippen LogP) is 2.38. The van der Waals surface area contributed by atoms with Crippen molar-refractivity contribution in [2.75, 3.05) is 0 Å². The fourth-order valence-corrected chi connectivity index (χ4v) is 1.93. The molecule has 1 heterocycles. The molecule has 0 bridgehead atoms. The van der Waals surface area contributed by atoms with E-state index in [1.165, 1.54) is 0 Å². The fraction of sp³-hybridized carbons (Fsp3) is 0. The smallest absolute Gasteiger partial charge is 0.228 e. The minimum absolute atomic E-state index is 0.300.